The number of aromatic nitrogens is 2. The van der Waals surface area contributed by atoms with Crippen LogP contribution in [0.4, 0.5) is 0 Å². The van der Waals surface area contributed by atoms with Gasteiger partial charge >= 0.3 is 0 Å². The van der Waals surface area contributed by atoms with Crippen LogP contribution in [-0.4, -0.2) is 44.5 Å². The van der Waals surface area contributed by atoms with E-state index < -0.39 is 0 Å². The second-order valence-corrected chi connectivity index (χ2v) is 6.54. The molecule has 9 nitrogen and oxygen atoms in total. The molecule has 0 saturated heterocycles. The zero-order chi connectivity index (χ0) is 22.2. The van der Waals surface area contributed by atoms with Crippen molar-refractivity contribution in [3.8, 4) is 34.4 Å². The van der Waals surface area contributed by atoms with Gasteiger partial charge in [0.05, 0.1) is 28.4 Å². The van der Waals surface area contributed by atoms with Gasteiger partial charge in [-0.3, -0.25) is 4.79 Å². The van der Waals surface area contributed by atoms with Crippen LogP contribution in [0.15, 0.2) is 40.9 Å². The van der Waals surface area contributed by atoms with Gasteiger partial charge in [0.1, 0.15) is 11.5 Å². The summed E-state index contributed by atoms with van der Waals surface area (Å²) in [6, 6.07) is 10.8. The van der Waals surface area contributed by atoms with Crippen molar-refractivity contribution in [3.63, 3.8) is 0 Å². The molecule has 0 bridgehead atoms. The van der Waals surface area contributed by atoms with Crippen LogP contribution in [0.25, 0.3) is 11.4 Å². The van der Waals surface area contributed by atoms with Gasteiger partial charge in [0.15, 0.2) is 11.5 Å². The molecule has 0 radical (unpaired) electrons. The lowest BCUT2D eigenvalue weighted by atomic mass is 10.1. The van der Waals surface area contributed by atoms with E-state index in [1.54, 1.807) is 40.6 Å². The van der Waals surface area contributed by atoms with Crippen molar-refractivity contribution >= 4 is 5.91 Å². The van der Waals surface area contributed by atoms with E-state index in [0.717, 1.165) is 16.9 Å². The fourth-order valence-electron chi connectivity index (χ4n) is 2.95. The monoisotopic (exact) mass is 427 g/mol. The Kier molecular flexibility index (Phi) is 7.31. The largest absolute Gasteiger partial charge is 0.497 e. The Bertz CT molecular complexity index is 1020. The first-order chi connectivity index (χ1) is 15.1. The van der Waals surface area contributed by atoms with Crippen LogP contribution in [0, 0.1) is 0 Å². The Balaban J connectivity index is 1.56. The van der Waals surface area contributed by atoms with Crippen molar-refractivity contribution in [2.24, 2.45) is 0 Å². The molecule has 0 aliphatic heterocycles. The zero-order valence-electron chi connectivity index (χ0n) is 17.9. The molecule has 0 fully saturated rings. The molecule has 164 valence electrons. The number of benzene rings is 2. The summed E-state index contributed by atoms with van der Waals surface area (Å²) in [4.78, 5) is 16.6. The third-order valence-electron chi connectivity index (χ3n) is 4.64. The minimum Gasteiger partial charge on any atom is -0.497 e. The maximum absolute atomic E-state index is 12.3. The summed E-state index contributed by atoms with van der Waals surface area (Å²) in [6.07, 6.45) is 0.540. The average Bonchev–Trinajstić information content (AvgIpc) is 3.29. The maximum Gasteiger partial charge on any atom is 0.227 e. The van der Waals surface area contributed by atoms with E-state index in [2.05, 4.69) is 15.5 Å². The molecule has 31 heavy (non-hydrogen) atoms. The molecule has 1 heterocycles. The summed E-state index contributed by atoms with van der Waals surface area (Å²) in [7, 11) is 6.27. The van der Waals surface area contributed by atoms with Gasteiger partial charge in [-0.2, -0.15) is 4.98 Å². The number of hydrogen-bond donors (Lipinski definition) is 1. The molecule has 3 rings (SSSR count). The maximum atomic E-state index is 12.3. The Morgan fingerprint density at radius 3 is 2.26 bits per heavy atom. The lowest BCUT2D eigenvalue weighted by Gasteiger charge is -2.14. The minimum absolute atomic E-state index is 0.152. The normalized spacial score (nSPS) is 10.5. The summed E-state index contributed by atoms with van der Waals surface area (Å²) >= 11 is 0. The SMILES string of the molecule is COc1ccc(-c2noc(CCC(=O)NCc3cc(OC)c(OC)cc3OC)n2)cc1. The highest BCUT2D eigenvalue weighted by atomic mass is 16.5. The third-order valence-corrected chi connectivity index (χ3v) is 4.64. The van der Waals surface area contributed by atoms with Crippen LogP contribution in [0.1, 0.15) is 17.9 Å². The van der Waals surface area contributed by atoms with Gasteiger partial charge < -0.3 is 28.8 Å². The number of amides is 1. The van der Waals surface area contributed by atoms with Gasteiger partial charge in [-0.1, -0.05) is 5.16 Å². The molecule has 0 aliphatic rings. The lowest BCUT2D eigenvalue weighted by Crippen LogP contribution is -2.23. The summed E-state index contributed by atoms with van der Waals surface area (Å²) in [6.45, 7) is 0.281. The fourth-order valence-corrected chi connectivity index (χ4v) is 2.95. The standard InChI is InChI=1S/C22H25N3O6/c1-27-16-7-5-14(6-8-16)22-24-21(31-25-22)10-9-20(26)23-13-15-11-18(29-3)19(30-4)12-17(15)28-2/h5-8,11-12H,9-10,13H2,1-4H3,(H,23,26). The Morgan fingerprint density at radius 2 is 1.61 bits per heavy atom. The van der Waals surface area contributed by atoms with E-state index in [0.29, 0.717) is 35.4 Å². The highest BCUT2D eigenvalue weighted by molar-refractivity contribution is 5.76. The molecule has 2 aromatic carbocycles. The molecule has 0 aliphatic carbocycles. The number of aryl methyl sites for hydroxylation is 1. The molecule has 0 spiro atoms. The van der Waals surface area contributed by atoms with Gasteiger partial charge in [-0.05, 0) is 30.3 Å². The van der Waals surface area contributed by atoms with Gasteiger partial charge in [0.25, 0.3) is 0 Å². The lowest BCUT2D eigenvalue weighted by molar-refractivity contribution is -0.121. The van der Waals surface area contributed by atoms with Crippen molar-refractivity contribution < 1.29 is 28.3 Å². The number of rotatable bonds is 10. The first-order valence-corrected chi connectivity index (χ1v) is 9.60. The fraction of sp³-hybridized carbons (Fsp3) is 0.318. The first-order valence-electron chi connectivity index (χ1n) is 9.60. The van der Waals surface area contributed by atoms with Crippen LogP contribution in [0.3, 0.4) is 0 Å². The minimum atomic E-state index is -0.152. The molecule has 9 heteroatoms. The van der Waals surface area contributed by atoms with Gasteiger partial charge in [0, 0.05) is 36.6 Å². The first kappa shape index (κ1) is 21.9. The Labute approximate surface area is 180 Å². The Hall–Kier alpha value is -3.75. The second kappa shape index (κ2) is 10.3. The predicted molar refractivity (Wildman–Crippen MR) is 113 cm³/mol. The number of ether oxygens (including phenoxy) is 4. The number of carbonyl (C=O) groups excluding carboxylic acids is 1. The van der Waals surface area contributed by atoms with Crippen LogP contribution < -0.4 is 24.3 Å². The van der Waals surface area contributed by atoms with Crippen molar-refractivity contribution in [1.29, 1.82) is 0 Å². The molecular weight excluding hydrogens is 402 g/mol. The molecule has 0 saturated carbocycles. The van der Waals surface area contributed by atoms with E-state index >= 15 is 0 Å². The van der Waals surface area contributed by atoms with E-state index in [-0.39, 0.29) is 18.9 Å². The number of carbonyl (C=O) groups is 1. The smallest absolute Gasteiger partial charge is 0.227 e. The van der Waals surface area contributed by atoms with E-state index in [1.807, 2.05) is 24.3 Å². The van der Waals surface area contributed by atoms with Crippen LogP contribution in [0.2, 0.25) is 0 Å². The van der Waals surface area contributed by atoms with Gasteiger partial charge in [-0.25, -0.2) is 0 Å². The third kappa shape index (κ3) is 5.44. The Morgan fingerprint density at radius 1 is 0.935 bits per heavy atom. The topological polar surface area (TPSA) is 105 Å². The number of hydrogen-bond acceptors (Lipinski definition) is 8. The van der Waals surface area contributed by atoms with Crippen molar-refractivity contribution in [2.45, 2.75) is 19.4 Å². The van der Waals surface area contributed by atoms with Crippen molar-refractivity contribution in [1.82, 2.24) is 15.5 Å². The van der Waals surface area contributed by atoms with Crippen LogP contribution in [0.5, 0.6) is 23.0 Å². The summed E-state index contributed by atoms with van der Waals surface area (Å²) in [5.41, 5.74) is 1.58. The van der Waals surface area contributed by atoms with Gasteiger partial charge in [-0.15, -0.1) is 0 Å². The molecular formula is C22H25N3O6. The molecule has 3 aromatic rings. The molecule has 1 N–H and O–H groups in total. The number of nitrogens with one attached hydrogen (secondary N) is 1. The van der Waals surface area contributed by atoms with E-state index in [4.69, 9.17) is 23.5 Å². The molecule has 1 amide bonds. The predicted octanol–water partition coefficient (Wildman–Crippen LogP) is 3.02. The summed E-state index contributed by atoms with van der Waals surface area (Å²) in [5, 5.41) is 6.84. The zero-order valence-corrected chi connectivity index (χ0v) is 17.9. The van der Waals surface area contributed by atoms with Gasteiger partial charge in [0.2, 0.25) is 17.6 Å². The van der Waals surface area contributed by atoms with E-state index in [1.165, 1.54) is 0 Å². The quantitative estimate of drug-likeness (QED) is 0.526. The second-order valence-electron chi connectivity index (χ2n) is 6.54. The van der Waals surface area contributed by atoms with E-state index in [9.17, 15) is 4.79 Å². The number of nitrogens with zero attached hydrogens (tertiary/aromatic N) is 2. The summed E-state index contributed by atoms with van der Waals surface area (Å²) in [5.74, 6) is 3.16. The van der Waals surface area contributed by atoms with Crippen molar-refractivity contribution in [2.75, 3.05) is 28.4 Å². The molecule has 0 atom stereocenters. The van der Waals surface area contributed by atoms with Crippen LogP contribution >= 0.6 is 0 Å². The highest BCUT2D eigenvalue weighted by Gasteiger charge is 2.14. The van der Waals surface area contributed by atoms with Crippen LogP contribution in [-0.2, 0) is 17.8 Å². The summed E-state index contributed by atoms with van der Waals surface area (Å²) < 4.78 is 26.4. The number of methoxy groups -OCH3 is 4. The average molecular weight is 427 g/mol. The highest BCUT2D eigenvalue weighted by Crippen LogP contribution is 2.34. The van der Waals surface area contributed by atoms with Crippen molar-refractivity contribution in [3.05, 3.63) is 47.9 Å². The molecule has 0 unspecified atom stereocenters. The molecule has 1 aromatic heterocycles.